The molecule has 6 nitrogen and oxygen atoms in total. The maximum absolute atomic E-state index is 9.25. The van der Waals surface area contributed by atoms with Gasteiger partial charge in [0.15, 0.2) is 5.82 Å². The number of aromatic nitrogens is 2. The standard InChI is InChI=1S/C13H12N4O2/c1-18-12-5-6-15-13(11(12)8-14)17-7-3-4-10(17)9-16-19-2/h3-7,9H,1-2H3. The van der Waals surface area contributed by atoms with Crippen LogP contribution in [0.25, 0.3) is 5.82 Å². The smallest absolute Gasteiger partial charge is 0.158 e. The van der Waals surface area contributed by atoms with Gasteiger partial charge >= 0.3 is 0 Å². The minimum atomic E-state index is 0.369. The van der Waals surface area contributed by atoms with Gasteiger partial charge in [-0.3, -0.25) is 4.57 Å². The van der Waals surface area contributed by atoms with Gasteiger partial charge in [-0.05, 0) is 18.2 Å². The fourth-order valence-corrected chi connectivity index (χ4v) is 1.69. The second-order valence-corrected chi connectivity index (χ2v) is 3.54. The van der Waals surface area contributed by atoms with Crippen molar-refractivity contribution in [2.45, 2.75) is 0 Å². The SMILES string of the molecule is CON=Cc1cccn1-c1nccc(OC)c1C#N. The molecular weight excluding hydrogens is 244 g/mol. The van der Waals surface area contributed by atoms with E-state index in [1.165, 1.54) is 14.2 Å². The van der Waals surface area contributed by atoms with Crippen LogP contribution in [0.5, 0.6) is 5.75 Å². The van der Waals surface area contributed by atoms with Crippen molar-refractivity contribution in [2.75, 3.05) is 14.2 Å². The predicted octanol–water partition coefficient (Wildman–Crippen LogP) is 1.73. The Balaban J connectivity index is 2.57. The third-order valence-corrected chi connectivity index (χ3v) is 2.52. The lowest BCUT2D eigenvalue weighted by atomic mass is 10.2. The van der Waals surface area contributed by atoms with Crippen LogP contribution in [-0.2, 0) is 4.84 Å². The number of ether oxygens (including phenoxy) is 1. The van der Waals surface area contributed by atoms with E-state index in [1.807, 2.05) is 12.1 Å². The average molecular weight is 256 g/mol. The summed E-state index contributed by atoms with van der Waals surface area (Å²) in [6.07, 6.45) is 4.92. The molecule has 0 bridgehead atoms. The first-order valence-corrected chi connectivity index (χ1v) is 5.49. The average Bonchev–Trinajstić information content (AvgIpc) is 2.92. The maximum Gasteiger partial charge on any atom is 0.158 e. The zero-order valence-corrected chi connectivity index (χ0v) is 10.6. The zero-order chi connectivity index (χ0) is 13.7. The number of methoxy groups -OCH3 is 1. The molecule has 19 heavy (non-hydrogen) atoms. The highest BCUT2D eigenvalue weighted by Gasteiger charge is 2.13. The Labute approximate surface area is 110 Å². The summed E-state index contributed by atoms with van der Waals surface area (Å²) in [4.78, 5) is 8.88. The molecule has 96 valence electrons. The Hall–Kier alpha value is -2.81. The number of hydrogen-bond acceptors (Lipinski definition) is 5. The van der Waals surface area contributed by atoms with Crippen LogP contribution in [-0.4, -0.2) is 30.0 Å². The minimum absolute atomic E-state index is 0.369. The van der Waals surface area contributed by atoms with E-state index in [0.29, 0.717) is 17.1 Å². The predicted molar refractivity (Wildman–Crippen MR) is 69.4 cm³/mol. The molecule has 0 aliphatic carbocycles. The number of rotatable bonds is 4. The minimum Gasteiger partial charge on any atom is -0.495 e. The molecule has 0 aromatic carbocycles. The van der Waals surface area contributed by atoms with E-state index in [2.05, 4.69) is 21.0 Å². The van der Waals surface area contributed by atoms with Gasteiger partial charge in [0.2, 0.25) is 0 Å². The van der Waals surface area contributed by atoms with Crippen LogP contribution in [0.1, 0.15) is 11.3 Å². The van der Waals surface area contributed by atoms with E-state index in [1.54, 1.807) is 29.2 Å². The van der Waals surface area contributed by atoms with Crippen LogP contribution >= 0.6 is 0 Å². The van der Waals surface area contributed by atoms with Crippen molar-refractivity contribution < 1.29 is 9.57 Å². The summed E-state index contributed by atoms with van der Waals surface area (Å²) in [6.45, 7) is 0. The molecule has 0 aliphatic rings. The van der Waals surface area contributed by atoms with Crippen LogP contribution in [0.4, 0.5) is 0 Å². The molecule has 0 fully saturated rings. The Bertz CT molecular complexity index is 640. The molecule has 0 saturated carbocycles. The van der Waals surface area contributed by atoms with Gasteiger partial charge in [-0.25, -0.2) is 4.98 Å². The lowest BCUT2D eigenvalue weighted by Gasteiger charge is -2.09. The molecule has 0 spiro atoms. The molecular formula is C13H12N4O2. The summed E-state index contributed by atoms with van der Waals surface area (Å²) in [5.74, 6) is 0.972. The topological polar surface area (TPSA) is 72.4 Å². The summed E-state index contributed by atoms with van der Waals surface area (Å²) >= 11 is 0. The Morgan fingerprint density at radius 1 is 1.42 bits per heavy atom. The van der Waals surface area contributed by atoms with Crippen molar-refractivity contribution in [3.8, 4) is 17.6 Å². The lowest BCUT2D eigenvalue weighted by Crippen LogP contribution is -2.05. The highest BCUT2D eigenvalue weighted by Crippen LogP contribution is 2.23. The van der Waals surface area contributed by atoms with Crippen molar-refractivity contribution >= 4 is 6.21 Å². The van der Waals surface area contributed by atoms with Crippen molar-refractivity contribution in [1.82, 2.24) is 9.55 Å². The van der Waals surface area contributed by atoms with Gasteiger partial charge in [0.05, 0.1) is 19.0 Å². The second-order valence-electron chi connectivity index (χ2n) is 3.54. The molecule has 2 rings (SSSR count). The van der Waals surface area contributed by atoms with Gasteiger partial charge in [-0.15, -0.1) is 0 Å². The third kappa shape index (κ3) is 2.40. The molecule has 0 atom stereocenters. The Morgan fingerprint density at radius 3 is 2.95 bits per heavy atom. The van der Waals surface area contributed by atoms with Crippen LogP contribution in [0.3, 0.4) is 0 Å². The third-order valence-electron chi connectivity index (χ3n) is 2.52. The first kappa shape index (κ1) is 12.6. The molecule has 2 heterocycles. The summed E-state index contributed by atoms with van der Waals surface area (Å²) in [6, 6.07) is 7.42. The van der Waals surface area contributed by atoms with E-state index in [4.69, 9.17) is 4.74 Å². The van der Waals surface area contributed by atoms with E-state index >= 15 is 0 Å². The molecule has 6 heteroatoms. The summed E-state index contributed by atoms with van der Waals surface area (Å²) in [5.41, 5.74) is 1.12. The van der Waals surface area contributed by atoms with Crippen LogP contribution in [0, 0.1) is 11.3 Å². The molecule has 0 saturated heterocycles. The highest BCUT2D eigenvalue weighted by molar-refractivity contribution is 5.78. The van der Waals surface area contributed by atoms with E-state index in [0.717, 1.165) is 5.69 Å². The van der Waals surface area contributed by atoms with Crippen molar-refractivity contribution in [3.63, 3.8) is 0 Å². The van der Waals surface area contributed by atoms with E-state index in [9.17, 15) is 5.26 Å². The number of pyridine rings is 1. The number of nitriles is 1. The zero-order valence-electron chi connectivity index (χ0n) is 10.6. The summed E-state index contributed by atoms with van der Waals surface area (Å²) < 4.78 is 6.90. The number of oxime groups is 1. The van der Waals surface area contributed by atoms with Crippen molar-refractivity contribution in [3.05, 3.63) is 41.9 Å². The van der Waals surface area contributed by atoms with Gasteiger partial charge in [0.1, 0.15) is 24.5 Å². The molecule has 0 amide bonds. The fourth-order valence-electron chi connectivity index (χ4n) is 1.69. The quantitative estimate of drug-likeness (QED) is 0.617. The van der Waals surface area contributed by atoms with E-state index in [-0.39, 0.29) is 0 Å². The van der Waals surface area contributed by atoms with Crippen molar-refractivity contribution in [2.24, 2.45) is 5.16 Å². The number of nitrogens with zero attached hydrogens (tertiary/aromatic N) is 4. The highest BCUT2D eigenvalue weighted by atomic mass is 16.6. The van der Waals surface area contributed by atoms with Crippen LogP contribution in [0.2, 0.25) is 0 Å². The normalized spacial score (nSPS) is 10.4. The maximum atomic E-state index is 9.25. The largest absolute Gasteiger partial charge is 0.495 e. The molecule has 0 radical (unpaired) electrons. The van der Waals surface area contributed by atoms with Crippen LogP contribution in [0.15, 0.2) is 35.7 Å². The fraction of sp³-hybridized carbons (Fsp3) is 0.154. The second kappa shape index (κ2) is 5.69. The Morgan fingerprint density at radius 2 is 2.26 bits per heavy atom. The molecule has 0 aliphatic heterocycles. The summed E-state index contributed by atoms with van der Waals surface area (Å²) in [7, 11) is 2.98. The number of hydrogen-bond donors (Lipinski definition) is 0. The first-order valence-electron chi connectivity index (χ1n) is 5.49. The molecule has 2 aromatic rings. The summed E-state index contributed by atoms with van der Waals surface area (Å²) in [5, 5.41) is 13.0. The molecule has 2 aromatic heterocycles. The first-order chi connectivity index (χ1) is 9.31. The lowest BCUT2D eigenvalue weighted by molar-refractivity contribution is 0.215. The monoisotopic (exact) mass is 256 g/mol. The van der Waals surface area contributed by atoms with E-state index < -0.39 is 0 Å². The molecule has 0 N–H and O–H groups in total. The van der Waals surface area contributed by atoms with Gasteiger partial charge in [0.25, 0.3) is 0 Å². The van der Waals surface area contributed by atoms with Crippen LogP contribution < -0.4 is 4.74 Å². The molecule has 0 unspecified atom stereocenters. The van der Waals surface area contributed by atoms with Gasteiger partial charge < -0.3 is 9.57 Å². The van der Waals surface area contributed by atoms with Gasteiger partial charge in [-0.2, -0.15) is 5.26 Å². The van der Waals surface area contributed by atoms with Gasteiger partial charge in [-0.1, -0.05) is 5.16 Å². The van der Waals surface area contributed by atoms with Gasteiger partial charge in [0, 0.05) is 12.4 Å². The Kier molecular flexibility index (Phi) is 3.78. The van der Waals surface area contributed by atoms with Crippen molar-refractivity contribution in [1.29, 1.82) is 5.26 Å².